The Morgan fingerprint density at radius 1 is 1.24 bits per heavy atom. The van der Waals surface area contributed by atoms with E-state index in [4.69, 9.17) is 0 Å². The third-order valence-electron chi connectivity index (χ3n) is 2.41. The Balaban J connectivity index is 1.96. The van der Waals surface area contributed by atoms with Crippen LogP contribution in [0.5, 0.6) is 0 Å². The van der Waals surface area contributed by atoms with Crippen LogP contribution in [-0.4, -0.2) is 16.1 Å². The van der Waals surface area contributed by atoms with Crippen LogP contribution in [0.15, 0.2) is 35.1 Å². The zero-order valence-electron chi connectivity index (χ0n) is 9.41. The van der Waals surface area contributed by atoms with Gasteiger partial charge in [-0.15, -0.1) is 0 Å². The summed E-state index contributed by atoms with van der Waals surface area (Å²) in [6.07, 6.45) is 0. The van der Waals surface area contributed by atoms with E-state index < -0.39 is 0 Å². The number of aryl methyl sites for hydroxylation is 1. The highest BCUT2D eigenvalue weighted by molar-refractivity contribution is 5.91. The summed E-state index contributed by atoms with van der Waals surface area (Å²) < 4.78 is 0. The summed E-state index contributed by atoms with van der Waals surface area (Å²) >= 11 is 0. The zero-order valence-corrected chi connectivity index (χ0v) is 9.41. The Morgan fingerprint density at radius 2 is 1.94 bits per heavy atom. The number of rotatable bonds is 3. The van der Waals surface area contributed by atoms with E-state index >= 15 is 0 Å². The molecule has 1 heterocycles. The van der Waals surface area contributed by atoms with E-state index in [9.17, 15) is 9.59 Å². The minimum Gasteiger partial charge on any atom is -0.347 e. The van der Waals surface area contributed by atoms with Crippen molar-refractivity contribution < 1.29 is 4.79 Å². The normalized spacial score (nSPS) is 10.2. The molecule has 0 saturated heterocycles. The fourth-order valence-corrected chi connectivity index (χ4v) is 1.44. The smallest absolute Gasteiger partial charge is 0.269 e. The van der Waals surface area contributed by atoms with Crippen LogP contribution in [0.2, 0.25) is 0 Å². The molecule has 1 aromatic carbocycles. The Hall–Kier alpha value is -2.30. The van der Waals surface area contributed by atoms with E-state index in [1.807, 2.05) is 31.2 Å². The van der Waals surface area contributed by atoms with Crippen molar-refractivity contribution in [2.75, 3.05) is 0 Å². The second kappa shape index (κ2) is 4.69. The summed E-state index contributed by atoms with van der Waals surface area (Å²) in [5.41, 5.74) is 2.12. The molecule has 0 aliphatic rings. The molecule has 17 heavy (non-hydrogen) atoms. The maximum Gasteiger partial charge on any atom is 0.269 e. The minimum atomic E-state index is -0.314. The van der Waals surface area contributed by atoms with E-state index in [1.165, 1.54) is 11.6 Å². The van der Waals surface area contributed by atoms with Gasteiger partial charge in [-0.3, -0.25) is 19.8 Å². The van der Waals surface area contributed by atoms with Crippen molar-refractivity contribution >= 4 is 5.91 Å². The van der Waals surface area contributed by atoms with Gasteiger partial charge in [0.2, 0.25) is 0 Å². The van der Waals surface area contributed by atoms with Gasteiger partial charge < -0.3 is 5.32 Å². The Labute approximate surface area is 97.9 Å². The molecule has 88 valence electrons. The fraction of sp³-hybridized carbons (Fsp3) is 0.167. The molecule has 3 N–H and O–H groups in total. The SMILES string of the molecule is Cc1ccc(CNC(=O)c2cc(=O)[nH][nH]2)cc1. The second-order valence-electron chi connectivity index (χ2n) is 3.84. The minimum absolute atomic E-state index is 0.238. The van der Waals surface area contributed by atoms with Gasteiger partial charge in [0.15, 0.2) is 0 Å². The van der Waals surface area contributed by atoms with Gasteiger partial charge in [0.05, 0.1) is 0 Å². The molecule has 1 aromatic heterocycles. The van der Waals surface area contributed by atoms with Crippen LogP contribution in [0.1, 0.15) is 21.6 Å². The van der Waals surface area contributed by atoms with Crippen molar-refractivity contribution in [3.8, 4) is 0 Å². The van der Waals surface area contributed by atoms with Gasteiger partial charge in [0, 0.05) is 12.6 Å². The standard InChI is InChI=1S/C12H13N3O2/c1-8-2-4-9(5-3-8)7-13-12(17)10-6-11(16)15-14-10/h2-6H,7H2,1H3,(H,13,17)(H2,14,15,16). The zero-order chi connectivity index (χ0) is 12.3. The summed E-state index contributed by atoms with van der Waals surface area (Å²) in [5, 5.41) is 7.53. The number of aromatic nitrogens is 2. The lowest BCUT2D eigenvalue weighted by Crippen LogP contribution is -2.23. The van der Waals surface area contributed by atoms with Gasteiger partial charge in [-0.05, 0) is 12.5 Å². The number of hydrogen-bond donors (Lipinski definition) is 3. The quantitative estimate of drug-likeness (QED) is 0.735. The van der Waals surface area contributed by atoms with Gasteiger partial charge >= 0.3 is 0 Å². The van der Waals surface area contributed by atoms with Crippen molar-refractivity contribution in [2.45, 2.75) is 13.5 Å². The van der Waals surface area contributed by atoms with Crippen LogP contribution < -0.4 is 10.9 Å². The topological polar surface area (TPSA) is 77.8 Å². The monoisotopic (exact) mass is 231 g/mol. The molecule has 0 unspecified atom stereocenters. The first kappa shape index (κ1) is 11.2. The molecule has 0 radical (unpaired) electrons. The van der Waals surface area contributed by atoms with Crippen molar-refractivity contribution in [2.24, 2.45) is 0 Å². The summed E-state index contributed by atoms with van der Waals surface area (Å²) in [7, 11) is 0. The van der Waals surface area contributed by atoms with E-state index in [0.717, 1.165) is 5.56 Å². The average molecular weight is 231 g/mol. The van der Waals surface area contributed by atoms with Crippen LogP contribution in [0.3, 0.4) is 0 Å². The molecule has 2 aromatic rings. The first-order valence-electron chi connectivity index (χ1n) is 5.26. The number of carbonyl (C=O) groups excluding carboxylic acids is 1. The Morgan fingerprint density at radius 3 is 2.53 bits per heavy atom. The van der Waals surface area contributed by atoms with Crippen molar-refractivity contribution in [1.82, 2.24) is 15.5 Å². The second-order valence-corrected chi connectivity index (χ2v) is 3.84. The van der Waals surface area contributed by atoms with Crippen LogP contribution in [0.25, 0.3) is 0 Å². The molecule has 5 heteroatoms. The molecule has 0 fully saturated rings. The maximum atomic E-state index is 11.6. The third kappa shape index (κ3) is 2.84. The van der Waals surface area contributed by atoms with Crippen LogP contribution in [0, 0.1) is 6.92 Å². The number of H-pyrrole nitrogens is 2. The highest BCUT2D eigenvalue weighted by Gasteiger charge is 2.06. The lowest BCUT2D eigenvalue weighted by atomic mass is 10.1. The highest BCUT2D eigenvalue weighted by Crippen LogP contribution is 2.02. The molecule has 1 amide bonds. The van der Waals surface area contributed by atoms with E-state index in [2.05, 4.69) is 15.5 Å². The first-order chi connectivity index (χ1) is 8.15. The predicted octanol–water partition coefficient (Wildman–Crippen LogP) is 0.941. The molecular formula is C12H13N3O2. The van der Waals surface area contributed by atoms with E-state index in [0.29, 0.717) is 6.54 Å². The molecule has 0 atom stereocenters. The number of carbonyl (C=O) groups is 1. The highest BCUT2D eigenvalue weighted by atomic mass is 16.2. The van der Waals surface area contributed by atoms with Crippen LogP contribution in [0.4, 0.5) is 0 Å². The molecule has 0 spiro atoms. The van der Waals surface area contributed by atoms with E-state index in [-0.39, 0.29) is 17.2 Å². The average Bonchev–Trinajstić information content (AvgIpc) is 2.75. The molecule has 0 saturated carbocycles. The molecule has 5 nitrogen and oxygen atoms in total. The van der Waals surface area contributed by atoms with Gasteiger partial charge in [0.1, 0.15) is 5.69 Å². The number of nitrogens with one attached hydrogen (secondary N) is 3. The number of hydrogen-bond acceptors (Lipinski definition) is 2. The van der Waals surface area contributed by atoms with Crippen molar-refractivity contribution in [3.05, 3.63) is 57.5 Å². The van der Waals surface area contributed by atoms with Gasteiger partial charge in [-0.25, -0.2) is 0 Å². The lowest BCUT2D eigenvalue weighted by Gasteiger charge is -2.03. The Bertz CT molecular complexity index is 566. The predicted molar refractivity (Wildman–Crippen MR) is 63.8 cm³/mol. The third-order valence-corrected chi connectivity index (χ3v) is 2.41. The number of aromatic amines is 2. The largest absolute Gasteiger partial charge is 0.347 e. The molecule has 0 aliphatic carbocycles. The lowest BCUT2D eigenvalue weighted by molar-refractivity contribution is 0.0946. The van der Waals surface area contributed by atoms with Gasteiger partial charge in [-0.1, -0.05) is 29.8 Å². The fourth-order valence-electron chi connectivity index (χ4n) is 1.44. The summed E-state index contributed by atoms with van der Waals surface area (Å²) in [5.74, 6) is -0.302. The first-order valence-corrected chi connectivity index (χ1v) is 5.26. The number of amides is 1. The van der Waals surface area contributed by atoms with Crippen molar-refractivity contribution in [3.63, 3.8) is 0 Å². The maximum absolute atomic E-state index is 11.6. The summed E-state index contributed by atoms with van der Waals surface area (Å²) in [6, 6.07) is 9.11. The van der Waals surface area contributed by atoms with E-state index in [1.54, 1.807) is 0 Å². The Kier molecular flexibility index (Phi) is 3.09. The molecule has 2 rings (SSSR count). The molecule has 0 bridgehead atoms. The van der Waals surface area contributed by atoms with Gasteiger partial charge in [0.25, 0.3) is 11.5 Å². The number of benzene rings is 1. The van der Waals surface area contributed by atoms with Crippen LogP contribution >= 0.6 is 0 Å². The summed E-state index contributed by atoms with van der Waals surface area (Å²) in [4.78, 5) is 22.4. The molecular weight excluding hydrogens is 218 g/mol. The van der Waals surface area contributed by atoms with Gasteiger partial charge in [-0.2, -0.15) is 0 Å². The summed E-state index contributed by atoms with van der Waals surface area (Å²) in [6.45, 7) is 2.44. The van der Waals surface area contributed by atoms with Crippen LogP contribution in [-0.2, 0) is 6.54 Å². The van der Waals surface area contributed by atoms with Crippen molar-refractivity contribution in [1.29, 1.82) is 0 Å². The molecule has 0 aliphatic heterocycles.